The van der Waals surface area contributed by atoms with Crippen LogP contribution in [0.15, 0.2) is 42.5 Å². The van der Waals surface area contributed by atoms with Crippen molar-refractivity contribution in [3.8, 4) is 0 Å². The van der Waals surface area contributed by atoms with Gasteiger partial charge in [0.1, 0.15) is 6.04 Å². The summed E-state index contributed by atoms with van der Waals surface area (Å²) in [6.07, 6.45) is 0. The summed E-state index contributed by atoms with van der Waals surface area (Å²) in [5.74, 6) is -0.400. The Hall–Kier alpha value is -1.85. The summed E-state index contributed by atoms with van der Waals surface area (Å²) in [4.78, 5) is 26.9. The molecule has 4 nitrogen and oxygen atoms in total. The highest BCUT2D eigenvalue weighted by atomic mass is 35.5. The minimum Gasteiger partial charge on any atom is -0.341 e. The molecular formula is C16H17ClN2O2S. The highest BCUT2D eigenvalue weighted by molar-refractivity contribution is 7.16. The predicted octanol–water partition coefficient (Wildman–Crippen LogP) is 3.18. The van der Waals surface area contributed by atoms with E-state index in [2.05, 4.69) is 5.32 Å². The Kier molecular flexibility index (Phi) is 5.57. The van der Waals surface area contributed by atoms with E-state index in [0.29, 0.717) is 16.4 Å². The summed E-state index contributed by atoms with van der Waals surface area (Å²) in [6, 6.07) is 11.9. The van der Waals surface area contributed by atoms with Crippen molar-refractivity contribution >= 4 is 34.8 Å². The maximum absolute atomic E-state index is 12.3. The number of thiophene rings is 1. The molecule has 2 rings (SSSR count). The maximum atomic E-state index is 12.3. The van der Waals surface area contributed by atoms with Crippen molar-refractivity contribution in [2.24, 2.45) is 0 Å². The molecule has 116 valence electrons. The fourth-order valence-corrected chi connectivity index (χ4v) is 3.15. The zero-order valence-corrected chi connectivity index (χ0v) is 13.9. The van der Waals surface area contributed by atoms with E-state index < -0.39 is 6.04 Å². The number of carbonyl (C=O) groups is 2. The Balaban J connectivity index is 1.92. The first-order valence-corrected chi connectivity index (χ1v) is 8.02. The van der Waals surface area contributed by atoms with Crippen LogP contribution < -0.4 is 5.32 Å². The molecule has 1 N–H and O–H groups in total. The lowest BCUT2D eigenvalue weighted by molar-refractivity contribution is -0.132. The van der Waals surface area contributed by atoms with Crippen molar-refractivity contribution in [3.63, 3.8) is 0 Å². The molecule has 6 heteroatoms. The normalized spacial score (nSPS) is 11.8. The van der Waals surface area contributed by atoms with Gasteiger partial charge in [-0.3, -0.25) is 9.59 Å². The predicted molar refractivity (Wildman–Crippen MR) is 89.2 cm³/mol. The number of nitrogens with zero attached hydrogens (tertiary/aromatic N) is 1. The monoisotopic (exact) mass is 336 g/mol. The average Bonchev–Trinajstić information content (AvgIpc) is 2.92. The summed E-state index contributed by atoms with van der Waals surface area (Å²) >= 11 is 7.32. The van der Waals surface area contributed by atoms with E-state index in [1.165, 1.54) is 11.3 Å². The topological polar surface area (TPSA) is 49.4 Å². The van der Waals surface area contributed by atoms with Crippen LogP contribution in [0.25, 0.3) is 0 Å². The van der Waals surface area contributed by atoms with Crippen molar-refractivity contribution < 1.29 is 9.59 Å². The van der Waals surface area contributed by atoms with E-state index in [0.717, 1.165) is 4.88 Å². The van der Waals surface area contributed by atoms with Gasteiger partial charge in [0, 0.05) is 17.5 Å². The third kappa shape index (κ3) is 4.32. The van der Waals surface area contributed by atoms with Crippen LogP contribution in [0.4, 0.5) is 0 Å². The van der Waals surface area contributed by atoms with Gasteiger partial charge < -0.3 is 10.2 Å². The van der Waals surface area contributed by atoms with E-state index in [1.807, 2.05) is 12.1 Å². The van der Waals surface area contributed by atoms with Gasteiger partial charge in [0.2, 0.25) is 5.91 Å². The molecule has 0 aliphatic rings. The van der Waals surface area contributed by atoms with Crippen LogP contribution in [0.3, 0.4) is 0 Å². The second-order valence-corrected chi connectivity index (χ2v) is 6.76. The summed E-state index contributed by atoms with van der Waals surface area (Å²) in [5, 5.41) is 2.72. The minimum atomic E-state index is -0.590. The largest absolute Gasteiger partial charge is 0.341 e. The zero-order chi connectivity index (χ0) is 16.1. The molecule has 0 saturated heterocycles. The standard InChI is InChI=1S/C16H17ClN2O2S/c1-11(18-15(20)12-6-4-3-5-7-12)16(21)19(2)10-13-8-9-14(17)22-13/h3-9,11H,10H2,1-2H3,(H,18,20). The number of rotatable bonds is 5. The minimum absolute atomic E-state index is 0.145. The van der Waals surface area contributed by atoms with Crippen molar-refractivity contribution in [2.45, 2.75) is 19.5 Å². The van der Waals surface area contributed by atoms with Crippen LogP contribution in [0.2, 0.25) is 4.34 Å². The van der Waals surface area contributed by atoms with Gasteiger partial charge >= 0.3 is 0 Å². The van der Waals surface area contributed by atoms with Gasteiger partial charge in [-0.05, 0) is 31.2 Å². The summed E-state index contributed by atoms with van der Waals surface area (Å²) in [6.45, 7) is 2.16. The molecule has 2 amide bonds. The zero-order valence-electron chi connectivity index (χ0n) is 12.4. The third-order valence-corrected chi connectivity index (χ3v) is 4.37. The lowest BCUT2D eigenvalue weighted by Crippen LogP contribution is -2.45. The van der Waals surface area contributed by atoms with Crippen LogP contribution in [-0.2, 0) is 11.3 Å². The van der Waals surface area contributed by atoms with Crippen molar-refractivity contribution in [1.29, 1.82) is 0 Å². The lowest BCUT2D eigenvalue weighted by Gasteiger charge is -2.21. The van der Waals surface area contributed by atoms with Crippen LogP contribution in [0.1, 0.15) is 22.2 Å². The first kappa shape index (κ1) is 16.5. The Morgan fingerprint density at radius 3 is 2.50 bits per heavy atom. The number of benzene rings is 1. The molecule has 0 aliphatic heterocycles. The number of hydrogen-bond donors (Lipinski definition) is 1. The van der Waals surface area contributed by atoms with Crippen molar-refractivity contribution in [1.82, 2.24) is 10.2 Å². The molecule has 1 heterocycles. The molecule has 0 aliphatic carbocycles. The molecule has 2 aromatic rings. The molecular weight excluding hydrogens is 320 g/mol. The van der Waals surface area contributed by atoms with Crippen LogP contribution in [-0.4, -0.2) is 29.8 Å². The quantitative estimate of drug-likeness (QED) is 0.911. The van der Waals surface area contributed by atoms with Gasteiger partial charge in [0.05, 0.1) is 10.9 Å². The van der Waals surface area contributed by atoms with E-state index in [-0.39, 0.29) is 11.8 Å². The van der Waals surface area contributed by atoms with Gasteiger partial charge in [-0.1, -0.05) is 29.8 Å². The molecule has 0 bridgehead atoms. The molecule has 0 spiro atoms. The molecule has 1 unspecified atom stereocenters. The number of carbonyl (C=O) groups excluding carboxylic acids is 2. The van der Waals surface area contributed by atoms with Gasteiger partial charge in [-0.15, -0.1) is 11.3 Å². The molecule has 22 heavy (non-hydrogen) atoms. The molecule has 0 radical (unpaired) electrons. The number of likely N-dealkylation sites (N-methyl/N-ethyl adjacent to an activating group) is 1. The molecule has 0 saturated carbocycles. The smallest absolute Gasteiger partial charge is 0.251 e. The van der Waals surface area contributed by atoms with Gasteiger partial charge in [0.25, 0.3) is 5.91 Å². The fourth-order valence-electron chi connectivity index (χ4n) is 2.01. The Bertz CT molecular complexity index is 657. The van der Waals surface area contributed by atoms with Crippen molar-refractivity contribution in [3.05, 3.63) is 57.2 Å². The van der Waals surface area contributed by atoms with Crippen LogP contribution in [0, 0.1) is 0 Å². The lowest BCUT2D eigenvalue weighted by atomic mass is 10.2. The fraction of sp³-hybridized carbons (Fsp3) is 0.250. The second kappa shape index (κ2) is 7.42. The number of halogens is 1. The highest BCUT2D eigenvalue weighted by Gasteiger charge is 2.20. The van der Waals surface area contributed by atoms with Gasteiger partial charge in [-0.25, -0.2) is 0 Å². The van der Waals surface area contributed by atoms with Crippen molar-refractivity contribution in [2.75, 3.05) is 7.05 Å². The van der Waals surface area contributed by atoms with Gasteiger partial charge in [-0.2, -0.15) is 0 Å². The third-order valence-electron chi connectivity index (χ3n) is 3.15. The molecule has 1 aromatic carbocycles. The first-order chi connectivity index (χ1) is 10.5. The summed E-state index contributed by atoms with van der Waals surface area (Å²) < 4.78 is 0.696. The second-order valence-electron chi connectivity index (χ2n) is 4.96. The summed E-state index contributed by atoms with van der Waals surface area (Å²) in [5.41, 5.74) is 0.537. The van der Waals surface area contributed by atoms with Crippen LogP contribution in [0.5, 0.6) is 0 Å². The van der Waals surface area contributed by atoms with E-state index in [4.69, 9.17) is 11.6 Å². The SMILES string of the molecule is CC(NC(=O)c1ccccc1)C(=O)N(C)Cc1ccc(Cl)s1. The van der Waals surface area contributed by atoms with Gasteiger partial charge in [0.15, 0.2) is 0 Å². The molecule has 1 aromatic heterocycles. The van der Waals surface area contributed by atoms with Crippen LogP contribution >= 0.6 is 22.9 Å². The van der Waals surface area contributed by atoms with E-state index in [1.54, 1.807) is 49.2 Å². The number of nitrogens with one attached hydrogen (secondary N) is 1. The number of hydrogen-bond acceptors (Lipinski definition) is 3. The maximum Gasteiger partial charge on any atom is 0.251 e. The average molecular weight is 337 g/mol. The summed E-state index contributed by atoms with van der Waals surface area (Å²) in [7, 11) is 1.71. The Labute approximate surface area is 138 Å². The Morgan fingerprint density at radius 1 is 1.23 bits per heavy atom. The Morgan fingerprint density at radius 2 is 1.91 bits per heavy atom. The molecule has 1 atom stereocenters. The molecule has 0 fully saturated rings. The van der Waals surface area contributed by atoms with E-state index in [9.17, 15) is 9.59 Å². The highest BCUT2D eigenvalue weighted by Crippen LogP contribution is 2.22. The number of amides is 2. The van der Waals surface area contributed by atoms with E-state index >= 15 is 0 Å². The first-order valence-electron chi connectivity index (χ1n) is 6.82.